The zero-order valence-corrected chi connectivity index (χ0v) is 37.6. The van der Waals surface area contributed by atoms with Gasteiger partial charge >= 0.3 is 0 Å². The van der Waals surface area contributed by atoms with E-state index in [2.05, 4.69) is 58.0 Å². The molecule has 0 atom stereocenters. The first kappa shape index (κ1) is 44.6. The van der Waals surface area contributed by atoms with Gasteiger partial charge in [0.15, 0.2) is 0 Å². The number of hydrogen-bond acceptors (Lipinski definition) is 9. The standard InChI is InChI=1S/C26H22N2O2.C21H21N7.CH4.U/c1-3-16-8-4-6-10-21(16)28-26(30)20-14-17-12-13-19-18-9-5-7-11-22(18)27-24(19)23(17)15(2)25(20)29;1-22-25-16-4-10-19(11-5-16)28(20-12-6-17(7-13-20)26-23-2)21-14-8-18(9-15-21)27-24-3;;/h4-14,27,29H,3H2,1-2H3,(H,28,30);4-15H,1-3H3;1H4;. The fraction of sp³-hybridized carbons (Fsp3) is 0.146. The van der Waals surface area contributed by atoms with Gasteiger partial charge in [0.05, 0.1) is 28.1 Å². The molecule has 7 aromatic carbocycles. The van der Waals surface area contributed by atoms with Gasteiger partial charge in [0.1, 0.15) is 5.75 Å². The first-order chi connectivity index (χ1) is 28.3. The van der Waals surface area contributed by atoms with Crippen LogP contribution in [0.15, 0.2) is 170 Å². The first-order valence-corrected chi connectivity index (χ1v) is 18.9. The number of phenols is 1. The molecule has 11 nitrogen and oxygen atoms in total. The molecule has 8 aromatic rings. The molecule has 0 aliphatic carbocycles. The third-order valence-electron chi connectivity index (χ3n) is 9.86. The Bertz CT molecular complexity index is 2680. The monoisotopic (exact) mass is 1020 g/mol. The quantitative estimate of drug-likeness (QED) is 0.124. The Kier molecular flexibility index (Phi) is 15.2. The van der Waals surface area contributed by atoms with Crippen molar-refractivity contribution in [3.05, 3.63) is 156 Å². The molecule has 0 aliphatic rings. The van der Waals surface area contributed by atoms with Gasteiger partial charge in [-0.15, -0.1) is 0 Å². The van der Waals surface area contributed by atoms with Crippen LogP contribution in [-0.4, -0.2) is 37.1 Å². The molecule has 0 unspecified atom stereocenters. The molecule has 1 aromatic heterocycles. The van der Waals surface area contributed by atoms with Gasteiger partial charge in [0.25, 0.3) is 5.91 Å². The third-order valence-corrected chi connectivity index (χ3v) is 9.86. The van der Waals surface area contributed by atoms with Gasteiger partial charge in [-0.1, -0.05) is 62.9 Å². The van der Waals surface area contributed by atoms with Gasteiger partial charge in [0.2, 0.25) is 0 Å². The average Bonchev–Trinajstić information content (AvgIpc) is 3.63. The van der Waals surface area contributed by atoms with Crippen LogP contribution in [0.4, 0.5) is 39.8 Å². The fourth-order valence-corrected chi connectivity index (χ4v) is 7.12. The molecule has 0 fully saturated rings. The number of carbonyl (C=O) groups is 1. The number of hydrogen-bond donors (Lipinski definition) is 3. The summed E-state index contributed by atoms with van der Waals surface area (Å²) in [6.45, 7) is 3.91. The molecule has 1 heterocycles. The number of nitrogens with zero attached hydrogens (tertiary/aromatic N) is 7. The molecule has 3 N–H and O–H groups in total. The second kappa shape index (κ2) is 20.5. The van der Waals surface area contributed by atoms with Crippen molar-refractivity contribution in [2.75, 3.05) is 31.4 Å². The van der Waals surface area contributed by atoms with Crippen molar-refractivity contribution < 1.29 is 41.0 Å². The first-order valence-electron chi connectivity index (χ1n) is 18.9. The number of H-pyrrole nitrogens is 1. The molecule has 12 heteroatoms. The van der Waals surface area contributed by atoms with Crippen molar-refractivity contribution in [3.63, 3.8) is 0 Å². The molecule has 0 radical (unpaired) electrons. The maximum Gasteiger partial charge on any atom is 0.259 e. The van der Waals surface area contributed by atoms with E-state index < -0.39 is 0 Å². The topological polar surface area (TPSA) is 143 Å². The smallest absolute Gasteiger partial charge is 0.259 e. The van der Waals surface area contributed by atoms with E-state index in [-0.39, 0.29) is 55.8 Å². The maximum atomic E-state index is 13.0. The Morgan fingerprint density at radius 3 is 1.68 bits per heavy atom. The minimum absolute atomic E-state index is 0. The normalized spacial score (nSPS) is 11.2. The number of aromatic nitrogens is 1. The van der Waals surface area contributed by atoms with E-state index in [1.54, 1.807) is 27.2 Å². The Morgan fingerprint density at radius 1 is 0.667 bits per heavy atom. The van der Waals surface area contributed by atoms with Crippen molar-refractivity contribution >= 4 is 78.3 Å². The number of aromatic hydroxyl groups is 1. The Balaban J connectivity index is 0.000000221. The third kappa shape index (κ3) is 9.52. The van der Waals surface area contributed by atoms with Crippen LogP contribution in [-0.2, 0) is 6.42 Å². The van der Waals surface area contributed by atoms with Crippen LogP contribution in [0, 0.1) is 38.0 Å². The summed E-state index contributed by atoms with van der Waals surface area (Å²) in [5, 5.41) is 41.7. The van der Waals surface area contributed by atoms with Crippen LogP contribution in [0.5, 0.6) is 5.75 Å². The van der Waals surface area contributed by atoms with Gasteiger partial charge in [-0.25, -0.2) is 0 Å². The molecule has 0 saturated heterocycles. The zero-order chi connectivity index (χ0) is 40.6. The number of benzene rings is 7. The number of phenolic OH excluding ortho intramolecular Hbond substituents is 1. The fourth-order valence-electron chi connectivity index (χ4n) is 7.12. The number of fused-ring (bicyclic) bond motifs is 5. The molecule has 0 saturated carbocycles. The summed E-state index contributed by atoms with van der Waals surface area (Å²) in [6.07, 6.45) is 0.817. The second-order valence-electron chi connectivity index (χ2n) is 13.4. The SMILES string of the molecule is C.CCc1ccccc1NC(=O)c1cc2ccc3c4ccccc4[nH]c3c2c(C)c1O.CN=Nc1ccc(N(c2ccc(N=NC)cc2)c2ccc(N=NC)cc2)cc1.[U]. The van der Waals surface area contributed by atoms with E-state index in [0.29, 0.717) is 5.56 Å². The van der Waals surface area contributed by atoms with Crippen LogP contribution in [0.3, 0.4) is 0 Å². The molecule has 0 spiro atoms. The number of para-hydroxylation sites is 2. The number of carbonyl (C=O) groups excluding carboxylic acids is 1. The van der Waals surface area contributed by atoms with Crippen LogP contribution >= 0.6 is 0 Å². The van der Waals surface area contributed by atoms with E-state index in [1.165, 1.54) is 0 Å². The molecule has 0 aliphatic heterocycles. The zero-order valence-electron chi connectivity index (χ0n) is 33.5. The molecular weight excluding hydrogens is 973 g/mol. The van der Waals surface area contributed by atoms with Crippen LogP contribution in [0.1, 0.15) is 35.8 Å². The molecule has 1 amide bonds. The van der Waals surface area contributed by atoms with Gasteiger partial charge in [-0.2, -0.15) is 30.7 Å². The van der Waals surface area contributed by atoms with Crippen LogP contribution in [0.2, 0.25) is 0 Å². The number of rotatable bonds is 9. The van der Waals surface area contributed by atoms with Crippen molar-refractivity contribution in [1.29, 1.82) is 0 Å². The largest absolute Gasteiger partial charge is 0.507 e. The second-order valence-corrected chi connectivity index (χ2v) is 13.4. The van der Waals surface area contributed by atoms with Gasteiger partial charge in [0, 0.05) is 102 Å². The van der Waals surface area contributed by atoms with E-state index in [1.807, 2.05) is 135 Å². The van der Waals surface area contributed by atoms with Crippen molar-refractivity contribution in [2.45, 2.75) is 27.7 Å². The van der Waals surface area contributed by atoms with E-state index in [9.17, 15) is 9.90 Å². The number of aromatic amines is 1. The minimum Gasteiger partial charge on any atom is -0.507 e. The number of anilines is 4. The summed E-state index contributed by atoms with van der Waals surface area (Å²) in [6, 6.07) is 45.5. The maximum absolute atomic E-state index is 13.0. The van der Waals surface area contributed by atoms with E-state index >= 15 is 0 Å². The Morgan fingerprint density at radius 2 is 1.17 bits per heavy atom. The Labute approximate surface area is 373 Å². The Hall–Kier alpha value is -6.48. The van der Waals surface area contributed by atoms with E-state index in [4.69, 9.17) is 0 Å². The summed E-state index contributed by atoms with van der Waals surface area (Å²) in [5.74, 6) is -0.296. The summed E-state index contributed by atoms with van der Waals surface area (Å²) >= 11 is 0. The molecule has 0 bridgehead atoms. The van der Waals surface area contributed by atoms with Gasteiger partial charge in [-0.3, -0.25) is 4.79 Å². The van der Waals surface area contributed by atoms with Crippen molar-refractivity contribution in [2.24, 2.45) is 30.7 Å². The summed E-state index contributed by atoms with van der Waals surface area (Å²) in [5.41, 5.74) is 10.3. The predicted octanol–water partition coefficient (Wildman–Crippen LogP) is 14.2. The summed E-state index contributed by atoms with van der Waals surface area (Å²) in [4.78, 5) is 18.7. The van der Waals surface area contributed by atoms with E-state index in [0.717, 1.165) is 84.4 Å². The average molecular weight is 1020 g/mol. The summed E-state index contributed by atoms with van der Waals surface area (Å²) < 4.78 is 0. The number of nitrogens with one attached hydrogen (secondary N) is 2. The van der Waals surface area contributed by atoms with Crippen molar-refractivity contribution in [3.8, 4) is 5.75 Å². The van der Waals surface area contributed by atoms with Gasteiger partial charge in [-0.05, 0) is 115 Å². The minimum atomic E-state index is -0.310. The van der Waals surface area contributed by atoms with Crippen LogP contribution < -0.4 is 10.2 Å². The predicted molar refractivity (Wildman–Crippen MR) is 243 cm³/mol. The number of amides is 1. The molecule has 8 rings (SSSR count). The number of aryl methyl sites for hydroxylation is 2. The van der Waals surface area contributed by atoms with Crippen LogP contribution in [0.25, 0.3) is 32.6 Å². The van der Waals surface area contributed by atoms with Crippen molar-refractivity contribution in [1.82, 2.24) is 4.98 Å². The molecule has 300 valence electrons. The number of azo groups is 3. The summed E-state index contributed by atoms with van der Waals surface area (Å²) in [7, 11) is 4.97. The molecule has 60 heavy (non-hydrogen) atoms. The molecular formula is C48H47N9O2U. The van der Waals surface area contributed by atoms with Gasteiger partial charge < -0.3 is 20.3 Å².